The molecule has 66 heavy (non-hydrogen) atoms. The molecule has 5 aliphatic rings. The molecule has 4 bridgehead atoms. The molecule has 5 aliphatic heterocycles. The molecule has 1 saturated heterocycles. The highest BCUT2D eigenvalue weighted by Gasteiger charge is 2.45. The van der Waals surface area contributed by atoms with Gasteiger partial charge in [0.1, 0.15) is 53.9 Å². The highest BCUT2D eigenvalue weighted by molar-refractivity contribution is 5.98. The van der Waals surface area contributed by atoms with Crippen LogP contribution in [0.25, 0.3) is 0 Å². The van der Waals surface area contributed by atoms with E-state index in [9.17, 15) is 34.2 Å². The number of hydrogen-bond donors (Lipinski definition) is 7. The Hall–Kier alpha value is -6.53. The van der Waals surface area contributed by atoms with Gasteiger partial charge >= 0.3 is 5.97 Å². The zero-order valence-electron chi connectivity index (χ0n) is 38.1. The smallest absolute Gasteiger partial charge is 0.326 e. The van der Waals surface area contributed by atoms with Crippen LogP contribution < -0.4 is 36.1 Å². The first-order valence-electron chi connectivity index (χ1n) is 22.3. The van der Waals surface area contributed by atoms with Crippen molar-refractivity contribution in [3.05, 3.63) is 95.6 Å². The molecular weight excluding hydrogens is 851 g/mol. The molecule has 8 rings (SSSR count). The summed E-state index contributed by atoms with van der Waals surface area (Å²) in [6.45, 7) is 6.72. The van der Waals surface area contributed by atoms with E-state index in [1.165, 1.54) is 4.90 Å². The molecule has 1 fully saturated rings. The van der Waals surface area contributed by atoms with Crippen LogP contribution in [0.15, 0.2) is 78.9 Å². The van der Waals surface area contributed by atoms with E-state index in [2.05, 4.69) is 26.6 Å². The van der Waals surface area contributed by atoms with Gasteiger partial charge < -0.3 is 51.2 Å². The average Bonchev–Trinajstić information content (AvgIpc) is 3.78. The number of carbonyl (C=O) groups excluding carboxylic acids is 6. The summed E-state index contributed by atoms with van der Waals surface area (Å²) in [5.41, 5.74) is 1.59. The van der Waals surface area contributed by atoms with Crippen LogP contribution in [0.3, 0.4) is 0 Å². The zero-order chi connectivity index (χ0) is 47.8. The van der Waals surface area contributed by atoms with Gasteiger partial charge in [-0.15, -0.1) is 0 Å². The molecule has 0 aliphatic carbocycles. The number of aliphatic carboxylic acids is 1. The van der Waals surface area contributed by atoms with Crippen LogP contribution in [0.1, 0.15) is 63.3 Å². The molecule has 5 heterocycles. The molecule has 6 amide bonds. The zero-order valence-corrected chi connectivity index (χ0v) is 38.1. The standard InChI is InChI=1S/C48H61N7O11/c1-26(2)39(54(5)6)46(61)52-37-40(27(3)4)65-32-20-16-30(17-21-32)41-38(53-42(57)33(49-45(37)60)23-28-11-8-7-9-12-28)47(62)55-22-10-13-36(55)44(59)51-35(25-56)43(58)50-34(48(63)64)24-29-14-18-31(66-41)19-15-29/h7-9,11-12,14-21,26-27,33-41,56H,10,13,22-25H2,1-6H3,(H,49,60)(H,50,58)(H,51,59)(H,52,61)(H,53,57)(H,63,64)/t33-,34-,35-,36-,37-,38-,39-,40-,41-/m0/s1. The summed E-state index contributed by atoms with van der Waals surface area (Å²) in [4.78, 5) is 102. The number of amides is 6. The van der Waals surface area contributed by atoms with Crippen molar-refractivity contribution >= 4 is 41.4 Å². The Morgan fingerprint density at radius 1 is 0.788 bits per heavy atom. The molecule has 354 valence electrons. The number of hydrogen-bond acceptors (Lipinski definition) is 11. The first kappa shape index (κ1) is 48.9. The van der Waals surface area contributed by atoms with E-state index < -0.39 is 103 Å². The number of carboxylic acid groups (broad SMARTS) is 1. The van der Waals surface area contributed by atoms with Crippen LogP contribution in [0.5, 0.6) is 11.5 Å². The molecule has 3 aromatic carbocycles. The van der Waals surface area contributed by atoms with E-state index in [-0.39, 0.29) is 43.4 Å². The fraction of sp³-hybridized carbons (Fsp3) is 0.479. The lowest BCUT2D eigenvalue weighted by molar-refractivity contribution is -0.145. The average molecular weight is 912 g/mol. The second kappa shape index (κ2) is 21.6. The number of likely N-dealkylation sites (N-methyl/N-ethyl adjacent to an activating group) is 1. The van der Waals surface area contributed by atoms with Gasteiger partial charge in [-0.25, -0.2) is 4.79 Å². The van der Waals surface area contributed by atoms with Gasteiger partial charge in [0.05, 0.1) is 12.6 Å². The van der Waals surface area contributed by atoms with Crippen LogP contribution in [-0.2, 0) is 46.4 Å². The number of rotatable bonds is 9. The summed E-state index contributed by atoms with van der Waals surface area (Å²) in [7, 11) is 3.55. The topological polar surface area (TPSA) is 245 Å². The van der Waals surface area contributed by atoms with Gasteiger partial charge in [0.25, 0.3) is 0 Å². The highest BCUT2D eigenvalue weighted by Crippen LogP contribution is 2.32. The molecule has 0 unspecified atom stereocenters. The van der Waals surface area contributed by atoms with E-state index in [4.69, 9.17) is 9.47 Å². The van der Waals surface area contributed by atoms with E-state index in [0.29, 0.717) is 28.9 Å². The normalized spacial score (nSPS) is 25.8. The Labute approximate surface area is 384 Å². The Morgan fingerprint density at radius 3 is 2.02 bits per heavy atom. The third-order valence-electron chi connectivity index (χ3n) is 12.2. The molecular formula is C48H61N7O11. The lowest BCUT2D eigenvalue weighted by Crippen LogP contribution is -2.64. The number of nitrogens with one attached hydrogen (secondary N) is 5. The summed E-state index contributed by atoms with van der Waals surface area (Å²) in [5, 5.41) is 33.9. The predicted octanol–water partition coefficient (Wildman–Crippen LogP) is 1.10. The maximum atomic E-state index is 15.2. The largest absolute Gasteiger partial charge is 0.487 e. The van der Waals surface area contributed by atoms with Gasteiger partial charge in [-0.05, 0) is 79.7 Å². The Bertz CT molecular complexity index is 2210. The molecule has 0 radical (unpaired) electrons. The van der Waals surface area contributed by atoms with Crippen molar-refractivity contribution < 1.29 is 53.2 Å². The highest BCUT2D eigenvalue weighted by atomic mass is 16.5. The fourth-order valence-corrected chi connectivity index (χ4v) is 8.82. The number of nitrogens with zero attached hydrogens (tertiary/aromatic N) is 2. The first-order chi connectivity index (χ1) is 31.4. The summed E-state index contributed by atoms with van der Waals surface area (Å²) < 4.78 is 13.2. The Kier molecular flexibility index (Phi) is 16.0. The third-order valence-corrected chi connectivity index (χ3v) is 12.2. The minimum Gasteiger partial charge on any atom is -0.487 e. The summed E-state index contributed by atoms with van der Waals surface area (Å²) in [6, 6.07) is 13.0. The van der Waals surface area contributed by atoms with Gasteiger partial charge in [0.15, 0.2) is 6.10 Å². The number of benzene rings is 3. The van der Waals surface area contributed by atoms with Crippen LogP contribution >= 0.6 is 0 Å². The molecule has 0 spiro atoms. The number of ether oxygens (including phenoxy) is 2. The quantitative estimate of drug-likeness (QED) is 0.160. The molecule has 18 heteroatoms. The number of aliphatic hydroxyl groups excluding tert-OH is 1. The molecule has 9 atom stereocenters. The fourth-order valence-electron chi connectivity index (χ4n) is 8.82. The molecule has 7 N–H and O–H groups in total. The number of carbonyl (C=O) groups is 7. The van der Waals surface area contributed by atoms with Crippen LogP contribution in [0.2, 0.25) is 0 Å². The van der Waals surface area contributed by atoms with Gasteiger partial charge in [0.2, 0.25) is 35.4 Å². The first-order valence-corrected chi connectivity index (χ1v) is 22.3. The maximum Gasteiger partial charge on any atom is 0.326 e. The van der Waals surface area contributed by atoms with Crippen molar-refractivity contribution in [1.82, 2.24) is 36.4 Å². The molecule has 0 saturated carbocycles. The van der Waals surface area contributed by atoms with Crippen molar-refractivity contribution in [2.75, 3.05) is 27.2 Å². The number of carboxylic acids is 1. The van der Waals surface area contributed by atoms with Crippen molar-refractivity contribution in [1.29, 1.82) is 0 Å². The van der Waals surface area contributed by atoms with Gasteiger partial charge in [-0.3, -0.25) is 33.7 Å². The van der Waals surface area contributed by atoms with Crippen LogP contribution in [0.4, 0.5) is 0 Å². The predicted molar refractivity (Wildman–Crippen MR) is 241 cm³/mol. The summed E-state index contributed by atoms with van der Waals surface area (Å²) in [6.07, 6.45) is -1.86. The molecule has 0 aromatic heterocycles. The van der Waals surface area contributed by atoms with Crippen molar-refractivity contribution in [3.8, 4) is 11.5 Å². The van der Waals surface area contributed by atoms with Crippen molar-refractivity contribution in [2.45, 2.75) is 108 Å². The van der Waals surface area contributed by atoms with E-state index >= 15 is 9.59 Å². The molecule has 3 aromatic rings. The second-order valence-electron chi connectivity index (χ2n) is 18.0. The van der Waals surface area contributed by atoms with E-state index in [1.807, 2.05) is 33.8 Å². The van der Waals surface area contributed by atoms with E-state index in [0.717, 1.165) is 0 Å². The minimum absolute atomic E-state index is 0.0308. The third kappa shape index (κ3) is 11.6. The molecule has 18 nitrogen and oxygen atoms in total. The monoisotopic (exact) mass is 911 g/mol. The number of aliphatic hydroxyl groups is 1. The lowest BCUT2D eigenvalue weighted by atomic mass is 9.95. The summed E-state index contributed by atoms with van der Waals surface area (Å²) in [5.74, 6) is -5.55. The van der Waals surface area contributed by atoms with Crippen LogP contribution in [0, 0.1) is 11.8 Å². The van der Waals surface area contributed by atoms with Gasteiger partial charge in [-0.1, -0.05) is 82.3 Å². The van der Waals surface area contributed by atoms with Gasteiger partial charge in [-0.2, -0.15) is 0 Å². The van der Waals surface area contributed by atoms with Crippen molar-refractivity contribution in [2.24, 2.45) is 11.8 Å². The lowest BCUT2D eigenvalue weighted by Gasteiger charge is -2.36. The Balaban J connectivity index is 1.50. The van der Waals surface area contributed by atoms with Crippen LogP contribution in [-0.4, -0.2) is 137 Å². The second-order valence-corrected chi connectivity index (χ2v) is 18.0. The van der Waals surface area contributed by atoms with Gasteiger partial charge in [0, 0.05) is 19.4 Å². The van der Waals surface area contributed by atoms with E-state index in [1.54, 1.807) is 91.8 Å². The SMILES string of the molecule is CC(C)[C@@H](C(=O)N[C@@H]1C(=O)N[C@@H](Cc2ccccc2)C(=O)N[C@@H]2C(=O)N3CCC[C@H]3C(=O)N[C@@H](CO)C(=O)N[C@H](C(=O)O)Cc3ccc(cc3)O[C@H]2c2ccc(cc2)O[C@H]1C(C)C)N(C)C. The maximum absolute atomic E-state index is 15.2. The minimum atomic E-state index is -1.55. The number of fused-ring (bicyclic) bond motifs is 17. The Morgan fingerprint density at radius 2 is 1.41 bits per heavy atom. The van der Waals surface area contributed by atoms with Crippen molar-refractivity contribution in [3.63, 3.8) is 0 Å². The summed E-state index contributed by atoms with van der Waals surface area (Å²) >= 11 is 0.